The first kappa shape index (κ1) is 13.2. The molecule has 2 nitrogen and oxygen atoms in total. The van der Waals surface area contributed by atoms with Crippen molar-refractivity contribution in [3.8, 4) is 0 Å². The van der Waals surface area contributed by atoms with Gasteiger partial charge in [0.25, 0.3) is 5.91 Å². The van der Waals surface area contributed by atoms with Crippen molar-refractivity contribution >= 4 is 5.91 Å². The van der Waals surface area contributed by atoms with Crippen LogP contribution >= 0.6 is 0 Å². The minimum atomic E-state index is -0.859. The molecule has 1 N–H and O–H groups in total. The molecule has 4 heteroatoms. The van der Waals surface area contributed by atoms with Gasteiger partial charge < -0.3 is 5.32 Å². The number of halogens is 2. The van der Waals surface area contributed by atoms with Crippen molar-refractivity contribution in [1.29, 1.82) is 0 Å². The van der Waals surface area contributed by atoms with E-state index >= 15 is 0 Å². The number of carbonyl (C=O) groups excluding carboxylic acids is 1. The monoisotopic (exact) mass is 261 g/mol. The Bertz CT molecular complexity index is 591. The van der Waals surface area contributed by atoms with Crippen LogP contribution in [0.25, 0.3) is 0 Å². The summed E-state index contributed by atoms with van der Waals surface area (Å²) in [5.41, 5.74) is 1.38. The molecule has 0 heterocycles. The first-order chi connectivity index (χ1) is 9.09. The zero-order valence-corrected chi connectivity index (χ0v) is 10.4. The Morgan fingerprint density at radius 2 is 1.68 bits per heavy atom. The van der Waals surface area contributed by atoms with Crippen LogP contribution in [0, 0.1) is 18.6 Å². The number of amides is 1. The molecule has 2 rings (SSSR count). The van der Waals surface area contributed by atoms with E-state index in [0.717, 1.165) is 23.3 Å². The summed E-state index contributed by atoms with van der Waals surface area (Å²) in [5.74, 6) is -2.47. The normalized spacial score (nSPS) is 10.3. The van der Waals surface area contributed by atoms with E-state index in [0.29, 0.717) is 0 Å². The summed E-state index contributed by atoms with van der Waals surface area (Å²) in [6, 6.07) is 10.8. The van der Waals surface area contributed by atoms with Crippen molar-refractivity contribution in [3.05, 3.63) is 70.8 Å². The maximum atomic E-state index is 13.4. The SMILES string of the molecule is Cc1ccccc1CNC(=O)c1c(F)cccc1F. The molecule has 0 radical (unpaired) electrons. The van der Waals surface area contributed by atoms with Gasteiger partial charge in [0, 0.05) is 6.54 Å². The summed E-state index contributed by atoms with van der Waals surface area (Å²) in [6.07, 6.45) is 0. The smallest absolute Gasteiger partial charge is 0.257 e. The highest BCUT2D eigenvalue weighted by molar-refractivity contribution is 5.94. The Balaban J connectivity index is 2.13. The first-order valence-corrected chi connectivity index (χ1v) is 5.86. The van der Waals surface area contributed by atoms with Gasteiger partial charge in [-0.05, 0) is 30.2 Å². The molecular formula is C15H13F2NO. The number of hydrogen-bond donors (Lipinski definition) is 1. The topological polar surface area (TPSA) is 29.1 Å². The number of benzene rings is 2. The Morgan fingerprint density at radius 1 is 1.05 bits per heavy atom. The third-order valence-electron chi connectivity index (χ3n) is 2.89. The van der Waals surface area contributed by atoms with E-state index in [1.807, 2.05) is 31.2 Å². The molecule has 0 saturated carbocycles. The lowest BCUT2D eigenvalue weighted by Gasteiger charge is -2.09. The van der Waals surface area contributed by atoms with E-state index in [4.69, 9.17) is 0 Å². The Hall–Kier alpha value is -2.23. The van der Waals surface area contributed by atoms with Crippen LogP contribution in [-0.4, -0.2) is 5.91 Å². The van der Waals surface area contributed by atoms with Gasteiger partial charge in [-0.2, -0.15) is 0 Å². The summed E-state index contributed by atoms with van der Waals surface area (Å²) < 4.78 is 26.8. The van der Waals surface area contributed by atoms with E-state index in [2.05, 4.69) is 5.32 Å². The van der Waals surface area contributed by atoms with Crippen molar-refractivity contribution in [2.75, 3.05) is 0 Å². The average molecular weight is 261 g/mol. The van der Waals surface area contributed by atoms with Crippen molar-refractivity contribution in [1.82, 2.24) is 5.32 Å². The van der Waals surface area contributed by atoms with Crippen LogP contribution in [-0.2, 0) is 6.54 Å². The molecule has 19 heavy (non-hydrogen) atoms. The van der Waals surface area contributed by atoms with E-state index in [9.17, 15) is 13.6 Å². The van der Waals surface area contributed by atoms with E-state index < -0.39 is 23.1 Å². The second-order valence-corrected chi connectivity index (χ2v) is 4.21. The zero-order chi connectivity index (χ0) is 13.8. The van der Waals surface area contributed by atoms with Crippen LogP contribution < -0.4 is 5.32 Å². The van der Waals surface area contributed by atoms with Crippen LogP contribution in [0.5, 0.6) is 0 Å². The van der Waals surface area contributed by atoms with Gasteiger partial charge in [-0.15, -0.1) is 0 Å². The third-order valence-corrected chi connectivity index (χ3v) is 2.89. The first-order valence-electron chi connectivity index (χ1n) is 5.86. The molecule has 0 aliphatic heterocycles. The molecule has 0 aromatic heterocycles. The predicted molar refractivity (Wildman–Crippen MR) is 68.7 cm³/mol. The van der Waals surface area contributed by atoms with E-state index in [-0.39, 0.29) is 6.54 Å². The maximum absolute atomic E-state index is 13.4. The molecule has 0 saturated heterocycles. The summed E-state index contributed by atoms with van der Waals surface area (Å²) in [5, 5.41) is 2.52. The minimum absolute atomic E-state index is 0.235. The third kappa shape index (κ3) is 2.96. The number of hydrogen-bond acceptors (Lipinski definition) is 1. The molecule has 0 spiro atoms. The predicted octanol–water partition coefficient (Wildman–Crippen LogP) is 3.20. The molecule has 0 bridgehead atoms. The largest absolute Gasteiger partial charge is 0.348 e. The number of aryl methyl sites for hydroxylation is 1. The highest BCUT2D eigenvalue weighted by atomic mass is 19.1. The zero-order valence-electron chi connectivity index (χ0n) is 10.4. The van der Waals surface area contributed by atoms with Gasteiger partial charge in [0.05, 0.1) is 0 Å². The molecule has 0 fully saturated rings. The Kier molecular flexibility index (Phi) is 3.90. The van der Waals surface area contributed by atoms with Gasteiger partial charge >= 0.3 is 0 Å². The van der Waals surface area contributed by atoms with E-state index in [1.165, 1.54) is 6.07 Å². The lowest BCUT2D eigenvalue weighted by Crippen LogP contribution is -2.25. The minimum Gasteiger partial charge on any atom is -0.348 e. The lowest BCUT2D eigenvalue weighted by molar-refractivity contribution is 0.0942. The van der Waals surface area contributed by atoms with Gasteiger partial charge in [-0.3, -0.25) is 4.79 Å². The lowest BCUT2D eigenvalue weighted by atomic mass is 10.1. The molecule has 0 aliphatic carbocycles. The average Bonchev–Trinajstić information content (AvgIpc) is 2.37. The van der Waals surface area contributed by atoms with Crippen LogP contribution in [0.1, 0.15) is 21.5 Å². The van der Waals surface area contributed by atoms with Gasteiger partial charge in [0.15, 0.2) is 0 Å². The molecular weight excluding hydrogens is 248 g/mol. The molecule has 2 aromatic carbocycles. The Morgan fingerprint density at radius 3 is 2.32 bits per heavy atom. The van der Waals surface area contributed by atoms with Crippen molar-refractivity contribution < 1.29 is 13.6 Å². The van der Waals surface area contributed by atoms with Crippen molar-refractivity contribution in [2.24, 2.45) is 0 Å². The fourth-order valence-corrected chi connectivity index (χ4v) is 1.79. The highest BCUT2D eigenvalue weighted by Gasteiger charge is 2.16. The van der Waals surface area contributed by atoms with Crippen LogP contribution in [0.2, 0.25) is 0 Å². The quantitative estimate of drug-likeness (QED) is 0.903. The molecule has 0 aliphatic rings. The fourth-order valence-electron chi connectivity index (χ4n) is 1.79. The van der Waals surface area contributed by atoms with E-state index in [1.54, 1.807) is 0 Å². The van der Waals surface area contributed by atoms with Crippen LogP contribution in [0.3, 0.4) is 0 Å². The summed E-state index contributed by atoms with van der Waals surface area (Å²) in [6.45, 7) is 2.14. The molecule has 0 unspecified atom stereocenters. The van der Waals surface area contributed by atoms with Crippen LogP contribution in [0.4, 0.5) is 8.78 Å². The number of nitrogens with one attached hydrogen (secondary N) is 1. The fraction of sp³-hybridized carbons (Fsp3) is 0.133. The number of rotatable bonds is 3. The van der Waals surface area contributed by atoms with Crippen LogP contribution in [0.15, 0.2) is 42.5 Å². The van der Waals surface area contributed by atoms with Gasteiger partial charge in [0.1, 0.15) is 17.2 Å². The van der Waals surface area contributed by atoms with Gasteiger partial charge in [0.2, 0.25) is 0 Å². The summed E-state index contributed by atoms with van der Waals surface area (Å²) in [7, 11) is 0. The van der Waals surface area contributed by atoms with Gasteiger partial charge in [-0.25, -0.2) is 8.78 Å². The summed E-state index contributed by atoms with van der Waals surface area (Å²) >= 11 is 0. The van der Waals surface area contributed by atoms with Crippen molar-refractivity contribution in [3.63, 3.8) is 0 Å². The Labute approximate surface area is 110 Å². The molecule has 1 amide bonds. The van der Waals surface area contributed by atoms with Crippen molar-refractivity contribution in [2.45, 2.75) is 13.5 Å². The van der Waals surface area contributed by atoms with Gasteiger partial charge in [-0.1, -0.05) is 30.3 Å². The molecule has 0 atom stereocenters. The molecule has 98 valence electrons. The summed E-state index contributed by atoms with van der Waals surface area (Å²) in [4.78, 5) is 11.8. The second-order valence-electron chi connectivity index (χ2n) is 4.21. The number of carbonyl (C=O) groups is 1. The molecule has 2 aromatic rings. The second kappa shape index (κ2) is 5.61. The standard InChI is InChI=1S/C15H13F2NO/c1-10-5-2-3-6-11(10)9-18-15(19)14-12(16)7-4-8-13(14)17/h2-8H,9H2,1H3,(H,18,19). The highest BCUT2D eigenvalue weighted by Crippen LogP contribution is 2.12. The maximum Gasteiger partial charge on any atom is 0.257 e.